The van der Waals surface area contributed by atoms with Crippen molar-refractivity contribution in [1.82, 2.24) is 5.32 Å². The number of nitrogens with one attached hydrogen (secondary N) is 1. The summed E-state index contributed by atoms with van der Waals surface area (Å²) in [4.78, 5) is 5.07. The first kappa shape index (κ1) is 13.8. The van der Waals surface area contributed by atoms with E-state index >= 15 is 0 Å². The molecule has 1 heterocycles. The Morgan fingerprint density at radius 3 is 2.68 bits per heavy atom. The van der Waals surface area contributed by atoms with E-state index in [0.29, 0.717) is 17.0 Å². The van der Waals surface area contributed by atoms with E-state index < -0.39 is 0 Å². The lowest BCUT2D eigenvalue weighted by molar-refractivity contribution is 0.242. The third-order valence-electron chi connectivity index (χ3n) is 5.42. The zero-order valence-corrected chi connectivity index (χ0v) is 13.5. The lowest BCUT2D eigenvalue weighted by Gasteiger charge is -2.36. The molecule has 3 rings (SSSR count). The minimum Gasteiger partial charge on any atom is -0.359 e. The quantitative estimate of drug-likeness (QED) is 0.778. The van der Waals surface area contributed by atoms with Crippen LogP contribution in [0.25, 0.3) is 0 Å². The Hall–Kier alpha value is -0.180. The van der Waals surface area contributed by atoms with Gasteiger partial charge in [-0.05, 0) is 37.0 Å². The highest BCUT2D eigenvalue weighted by molar-refractivity contribution is 8.14. The van der Waals surface area contributed by atoms with Crippen molar-refractivity contribution in [1.29, 1.82) is 0 Å². The molecule has 2 nitrogen and oxygen atoms in total. The van der Waals surface area contributed by atoms with E-state index in [0.717, 1.165) is 5.92 Å². The topological polar surface area (TPSA) is 24.4 Å². The second-order valence-electron chi connectivity index (χ2n) is 7.73. The average Bonchev–Trinajstić information content (AvgIpc) is 2.85. The van der Waals surface area contributed by atoms with Gasteiger partial charge in [-0.15, -0.1) is 0 Å². The van der Waals surface area contributed by atoms with Crippen LogP contribution in [0.15, 0.2) is 4.99 Å². The molecule has 108 valence electrons. The molecule has 0 amide bonds. The number of nitrogens with zero attached hydrogens (tertiary/aromatic N) is 1. The Morgan fingerprint density at radius 1 is 1.21 bits per heavy atom. The largest absolute Gasteiger partial charge is 0.359 e. The molecule has 3 heteroatoms. The van der Waals surface area contributed by atoms with Crippen LogP contribution in [0, 0.1) is 11.3 Å². The molecule has 1 aliphatic heterocycles. The maximum atomic E-state index is 5.07. The van der Waals surface area contributed by atoms with E-state index in [-0.39, 0.29) is 0 Å². The molecule has 3 atom stereocenters. The van der Waals surface area contributed by atoms with Crippen molar-refractivity contribution >= 4 is 16.9 Å². The molecule has 3 aliphatic rings. The summed E-state index contributed by atoms with van der Waals surface area (Å²) in [7, 11) is 0. The Morgan fingerprint density at radius 2 is 2.00 bits per heavy atom. The number of hydrogen-bond acceptors (Lipinski definition) is 2. The normalized spacial score (nSPS) is 43.8. The third-order valence-corrected chi connectivity index (χ3v) is 6.60. The third kappa shape index (κ3) is 2.81. The molecule has 0 bridgehead atoms. The van der Waals surface area contributed by atoms with Gasteiger partial charge in [0.25, 0.3) is 0 Å². The van der Waals surface area contributed by atoms with Gasteiger partial charge in [-0.3, -0.25) is 4.99 Å². The Kier molecular flexibility index (Phi) is 3.61. The van der Waals surface area contributed by atoms with Gasteiger partial charge in [0, 0.05) is 11.3 Å². The predicted molar refractivity (Wildman–Crippen MR) is 84.8 cm³/mol. The van der Waals surface area contributed by atoms with Crippen LogP contribution >= 0.6 is 11.8 Å². The summed E-state index contributed by atoms with van der Waals surface area (Å²) >= 11 is 1.98. The molecule has 1 saturated heterocycles. The maximum Gasteiger partial charge on any atom is 0.157 e. The van der Waals surface area contributed by atoms with Gasteiger partial charge in [0.15, 0.2) is 5.17 Å². The summed E-state index contributed by atoms with van der Waals surface area (Å²) in [5, 5.41) is 5.06. The minimum atomic E-state index is 0.379. The Balaban J connectivity index is 1.68. The van der Waals surface area contributed by atoms with Crippen molar-refractivity contribution in [2.75, 3.05) is 5.75 Å². The van der Waals surface area contributed by atoms with E-state index in [1.54, 1.807) is 0 Å². The van der Waals surface area contributed by atoms with E-state index in [4.69, 9.17) is 4.99 Å². The predicted octanol–water partition coefficient (Wildman–Crippen LogP) is 4.21. The van der Waals surface area contributed by atoms with Gasteiger partial charge in [0.05, 0.1) is 6.04 Å². The van der Waals surface area contributed by atoms with Crippen LogP contribution in [0.2, 0.25) is 0 Å². The molecule has 1 spiro atoms. The van der Waals surface area contributed by atoms with E-state index in [1.165, 1.54) is 55.9 Å². The summed E-state index contributed by atoms with van der Waals surface area (Å²) < 4.78 is 0. The highest BCUT2D eigenvalue weighted by atomic mass is 32.2. The Labute approximate surface area is 122 Å². The zero-order valence-electron chi connectivity index (χ0n) is 12.7. The molecule has 0 aromatic heterocycles. The second kappa shape index (κ2) is 4.98. The van der Waals surface area contributed by atoms with Crippen molar-refractivity contribution in [3.05, 3.63) is 0 Å². The summed E-state index contributed by atoms with van der Waals surface area (Å²) in [6.45, 7) is 7.17. The van der Waals surface area contributed by atoms with Crippen LogP contribution in [0.3, 0.4) is 0 Å². The summed E-state index contributed by atoms with van der Waals surface area (Å²) in [5.74, 6) is 2.12. The molecule has 1 N–H and O–H groups in total. The van der Waals surface area contributed by atoms with Crippen LogP contribution in [-0.4, -0.2) is 22.5 Å². The van der Waals surface area contributed by atoms with Crippen molar-refractivity contribution < 1.29 is 0 Å². The van der Waals surface area contributed by atoms with Gasteiger partial charge in [-0.25, -0.2) is 0 Å². The number of hydrogen-bond donors (Lipinski definition) is 1. The summed E-state index contributed by atoms with van der Waals surface area (Å²) in [6, 6.07) is 0.540. The van der Waals surface area contributed by atoms with Gasteiger partial charge >= 0.3 is 0 Å². The molecule has 3 fully saturated rings. The standard InChI is InChI=1S/C16H28N2S/c1-12-6-4-9-16(10-12)11-19-14(18-16)17-13-7-5-8-15(13,2)3/h12-13H,4-11H2,1-3H3,(H,17,18). The van der Waals surface area contributed by atoms with Gasteiger partial charge in [0.2, 0.25) is 0 Å². The van der Waals surface area contributed by atoms with Crippen molar-refractivity contribution in [2.45, 2.75) is 77.3 Å². The molecule has 2 aliphatic carbocycles. The molecular weight excluding hydrogens is 252 g/mol. The average molecular weight is 280 g/mol. The molecule has 19 heavy (non-hydrogen) atoms. The van der Waals surface area contributed by atoms with E-state index in [1.807, 2.05) is 11.8 Å². The molecule has 2 saturated carbocycles. The number of thioether (sulfide) groups is 1. The van der Waals surface area contributed by atoms with Gasteiger partial charge in [-0.2, -0.15) is 0 Å². The molecule has 0 aromatic carbocycles. The van der Waals surface area contributed by atoms with Crippen LogP contribution in [0.5, 0.6) is 0 Å². The fourth-order valence-corrected chi connectivity index (χ4v) is 5.41. The number of rotatable bonds is 1. The van der Waals surface area contributed by atoms with Crippen molar-refractivity contribution in [3.8, 4) is 0 Å². The van der Waals surface area contributed by atoms with Crippen molar-refractivity contribution in [3.63, 3.8) is 0 Å². The first-order valence-electron chi connectivity index (χ1n) is 7.98. The number of amidine groups is 1. The smallest absolute Gasteiger partial charge is 0.157 e. The van der Waals surface area contributed by atoms with E-state index in [2.05, 4.69) is 26.1 Å². The van der Waals surface area contributed by atoms with Crippen LogP contribution < -0.4 is 5.32 Å². The molecule has 3 unspecified atom stereocenters. The lowest BCUT2D eigenvalue weighted by Crippen LogP contribution is -2.47. The maximum absolute atomic E-state index is 5.07. The highest BCUT2D eigenvalue weighted by Crippen LogP contribution is 2.42. The summed E-state index contributed by atoms with van der Waals surface area (Å²) in [5.41, 5.74) is 0.786. The van der Waals surface area contributed by atoms with Crippen LogP contribution in [0.4, 0.5) is 0 Å². The Bertz CT molecular complexity index is 377. The lowest BCUT2D eigenvalue weighted by atomic mass is 9.78. The fraction of sp³-hybridized carbons (Fsp3) is 0.938. The first-order chi connectivity index (χ1) is 8.99. The molecular formula is C16H28N2S. The summed E-state index contributed by atoms with van der Waals surface area (Å²) in [6.07, 6.45) is 9.45. The van der Waals surface area contributed by atoms with Crippen LogP contribution in [-0.2, 0) is 0 Å². The van der Waals surface area contributed by atoms with Crippen molar-refractivity contribution in [2.24, 2.45) is 16.3 Å². The monoisotopic (exact) mass is 280 g/mol. The highest BCUT2D eigenvalue weighted by Gasteiger charge is 2.41. The fourth-order valence-electron chi connectivity index (χ4n) is 4.17. The first-order valence-corrected chi connectivity index (χ1v) is 8.97. The number of aliphatic imine (C=N–C) groups is 1. The molecule has 0 radical (unpaired) electrons. The van der Waals surface area contributed by atoms with Gasteiger partial charge in [0.1, 0.15) is 0 Å². The molecule has 0 aromatic rings. The SMILES string of the molecule is CC1CCCC2(CSC(=NC3CCCC3(C)C)N2)C1. The minimum absolute atomic E-state index is 0.379. The van der Waals surface area contributed by atoms with E-state index in [9.17, 15) is 0 Å². The second-order valence-corrected chi connectivity index (χ2v) is 8.69. The van der Waals surface area contributed by atoms with Gasteiger partial charge in [-0.1, -0.05) is 51.8 Å². The van der Waals surface area contributed by atoms with Crippen LogP contribution in [0.1, 0.15) is 65.7 Å². The van der Waals surface area contributed by atoms with Gasteiger partial charge < -0.3 is 5.32 Å². The zero-order chi connectivity index (χ0) is 13.5.